The zero-order valence-electron chi connectivity index (χ0n) is 11.7. The summed E-state index contributed by atoms with van der Waals surface area (Å²) in [6, 6.07) is 14.9. The van der Waals surface area contributed by atoms with Crippen molar-refractivity contribution in [2.24, 2.45) is 5.73 Å². The van der Waals surface area contributed by atoms with E-state index in [1.807, 2.05) is 12.1 Å². The Morgan fingerprint density at radius 1 is 1.10 bits per heavy atom. The molecule has 2 heterocycles. The summed E-state index contributed by atoms with van der Waals surface area (Å²) in [7, 11) is 0. The summed E-state index contributed by atoms with van der Waals surface area (Å²) in [5.74, 6) is 0.996. The highest BCUT2D eigenvalue weighted by molar-refractivity contribution is 5.16. The van der Waals surface area contributed by atoms with Gasteiger partial charge in [0.15, 0.2) is 0 Å². The molecule has 1 aliphatic rings. The van der Waals surface area contributed by atoms with Crippen LogP contribution in [-0.2, 0) is 6.54 Å². The number of nitrogens with zero attached hydrogens (tertiary/aromatic N) is 1. The van der Waals surface area contributed by atoms with E-state index in [0.717, 1.165) is 25.3 Å². The van der Waals surface area contributed by atoms with Gasteiger partial charge in [0.25, 0.3) is 0 Å². The van der Waals surface area contributed by atoms with E-state index in [2.05, 4.69) is 35.2 Å². The quantitative estimate of drug-likeness (QED) is 0.930. The Balaban J connectivity index is 1.84. The third-order valence-corrected chi connectivity index (χ3v) is 4.09. The number of nitrogens with two attached hydrogens (primary N) is 1. The lowest BCUT2D eigenvalue weighted by molar-refractivity contribution is 0.154. The van der Waals surface area contributed by atoms with Gasteiger partial charge in [0.2, 0.25) is 0 Å². The van der Waals surface area contributed by atoms with Crippen LogP contribution in [-0.4, -0.2) is 17.5 Å². The maximum atomic E-state index is 6.41. The van der Waals surface area contributed by atoms with E-state index < -0.39 is 0 Å². The molecule has 2 atom stereocenters. The van der Waals surface area contributed by atoms with Crippen molar-refractivity contribution < 1.29 is 4.42 Å². The van der Waals surface area contributed by atoms with Crippen LogP contribution in [0.5, 0.6) is 0 Å². The number of likely N-dealkylation sites (tertiary alicyclic amines) is 1. The molecule has 1 saturated heterocycles. The number of hydrogen-bond acceptors (Lipinski definition) is 3. The van der Waals surface area contributed by atoms with Crippen molar-refractivity contribution in [3.05, 3.63) is 60.1 Å². The summed E-state index contributed by atoms with van der Waals surface area (Å²) < 4.78 is 5.65. The van der Waals surface area contributed by atoms with Gasteiger partial charge in [0.05, 0.1) is 12.3 Å². The first kappa shape index (κ1) is 13.4. The molecule has 3 rings (SSSR count). The molecular weight excluding hydrogens is 248 g/mol. The van der Waals surface area contributed by atoms with Gasteiger partial charge in [-0.2, -0.15) is 0 Å². The molecule has 2 unspecified atom stereocenters. The SMILES string of the molecule is NC1CCCCN(Cc2ccccc2)C1c1ccco1. The maximum absolute atomic E-state index is 6.41. The van der Waals surface area contributed by atoms with Crippen molar-refractivity contribution in [1.82, 2.24) is 4.90 Å². The van der Waals surface area contributed by atoms with E-state index in [4.69, 9.17) is 10.2 Å². The molecule has 0 amide bonds. The normalized spacial score (nSPS) is 24.4. The smallest absolute Gasteiger partial charge is 0.122 e. The van der Waals surface area contributed by atoms with E-state index >= 15 is 0 Å². The van der Waals surface area contributed by atoms with Crippen LogP contribution < -0.4 is 5.73 Å². The fraction of sp³-hybridized carbons (Fsp3) is 0.412. The predicted octanol–water partition coefficient (Wildman–Crippen LogP) is 3.33. The lowest BCUT2D eigenvalue weighted by atomic mass is 10.0. The van der Waals surface area contributed by atoms with Gasteiger partial charge in [0, 0.05) is 12.6 Å². The number of furan rings is 1. The van der Waals surface area contributed by atoms with Gasteiger partial charge in [-0.1, -0.05) is 36.8 Å². The monoisotopic (exact) mass is 270 g/mol. The third-order valence-electron chi connectivity index (χ3n) is 4.09. The summed E-state index contributed by atoms with van der Waals surface area (Å²) >= 11 is 0. The fourth-order valence-corrected chi connectivity index (χ4v) is 3.11. The minimum atomic E-state index is 0.146. The van der Waals surface area contributed by atoms with Gasteiger partial charge in [-0.15, -0.1) is 0 Å². The first-order chi connectivity index (χ1) is 9.84. The summed E-state index contributed by atoms with van der Waals surface area (Å²) in [6.45, 7) is 2.01. The lowest BCUT2D eigenvalue weighted by Gasteiger charge is -2.32. The van der Waals surface area contributed by atoms with E-state index in [1.54, 1.807) is 6.26 Å². The molecule has 106 valence electrons. The summed E-state index contributed by atoms with van der Waals surface area (Å²) in [5, 5.41) is 0. The van der Waals surface area contributed by atoms with Crippen LogP contribution in [0.25, 0.3) is 0 Å². The zero-order chi connectivity index (χ0) is 13.8. The first-order valence-corrected chi connectivity index (χ1v) is 7.41. The van der Waals surface area contributed by atoms with Crippen molar-refractivity contribution in [3.63, 3.8) is 0 Å². The molecule has 0 saturated carbocycles. The van der Waals surface area contributed by atoms with Crippen LogP contribution >= 0.6 is 0 Å². The average Bonchev–Trinajstić information content (AvgIpc) is 2.92. The zero-order valence-corrected chi connectivity index (χ0v) is 11.7. The van der Waals surface area contributed by atoms with E-state index in [9.17, 15) is 0 Å². The van der Waals surface area contributed by atoms with Crippen LogP contribution in [0.15, 0.2) is 53.1 Å². The van der Waals surface area contributed by atoms with Crippen LogP contribution in [0.2, 0.25) is 0 Å². The molecule has 1 aliphatic heterocycles. The molecule has 0 spiro atoms. The van der Waals surface area contributed by atoms with Crippen molar-refractivity contribution in [3.8, 4) is 0 Å². The van der Waals surface area contributed by atoms with Gasteiger partial charge in [0.1, 0.15) is 5.76 Å². The summed E-state index contributed by atoms with van der Waals surface area (Å²) in [6.07, 6.45) is 5.21. The van der Waals surface area contributed by atoms with E-state index in [1.165, 1.54) is 18.4 Å². The molecule has 0 aliphatic carbocycles. The highest BCUT2D eigenvalue weighted by Gasteiger charge is 2.30. The Labute approximate surface area is 120 Å². The molecule has 2 aromatic rings. The summed E-state index contributed by atoms with van der Waals surface area (Å²) in [4.78, 5) is 2.46. The Bertz CT molecular complexity index is 509. The van der Waals surface area contributed by atoms with Gasteiger partial charge < -0.3 is 10.2 Å². The second-order valence-corrected chi connectivity index (χ2v) is 5.58. The van der Waals surface area contributed by atoms with Crippen LogP contribution in [0.3, 0.4) is 0 Å². The first-order valence-electron chi connectivity index (χ1n) is 7.41. The average molecular weight is 270 g/mol. The van der Waals surface area contributed by atoms with Crippen LogP contribution in [0, 0.1) is 0 Å². The Morgan fingerprint density at radius 3 is 2.70 bits per heavy atom. The second-order valence-electron chi connectivity index (χ2n) is 5.58. The van der Waals surface area contributed by atoms with Crippen molar-refractivity contribution in [2.45, 2.75) is 37.9 Å². The second kappa shape index (κ2) is 6.25. The summed E-state index contributed by atoms with van der Waals surface area (Å²) in [5.41, 5.74) is 7.74. The third kappa shape index (κ3) is 2.94. The molecular formula is C17H22N2O. The molecule has 20 heavy (non-hydrogen) atoms. The molecule has 3 nitrogen and oxygen atoms in total. The Hall–Kier alpha value is -1.58. The van der Waals surface area contributed by atoms with Gasteiger partial charge in [-0.05, 0) is 37.1 Å². The Morgan fingerprint density at radius 2 is 1.95 bits per heavy atom. The number of rotatable bonds is 3. The molecule has 1 aromatic heterocycles. The topological polar surface area (TPSA) is 42.4 Å². The molecule has 2 N–H and O–H groups in total. The highest BCUT2D eigenvalue weighted by atomic mass is 16.3. The predicted molar refractivity (Wildman–Crippen MR) is 80.1 cm³/mol. The Kier molecular flexibility index (Phi) is 4.19. The van der Waals surface area contributed by atoms with Gasteiger partial charge in [-0.3, -0.25) is 4.90 Å². The lowest BCUT2D eigenvalue weighted by Crippen LogP contribution is -2.39. The minimum absolute atomic E-state index is 0.146. The van der Waals surface area contributed by atoms with Gasteiger partial charge >= 0.3 is 0 Å². The van der Waals surface area contributed by atoms with E-state index in [-0.39, 0.29) is 12.1 Å². The molecule has 1 fully saturated rings. The van der Waals surface area contributed by atoms with Gasteiger partial charge in [-0.25, -0.2) is 0 Å². The van der Waals surface area contributed by atoms with Crippen molar-refractivity contribution >= 4 is 0 Å². The molecule has 0 bridgehead atoms. The molecule has 1 aromatic carbocycles. The maximum Gasteiger partial charge on any atom is 0.122 e. The van der Waals surface area contributed by atoms with E-state index in [0.29, 0.717) is 0 Å². The largest absolute Gasteiger partial charge is 0.468 e. The van der Waals surface area contributed by atoms with Crippen LogP contribution in [0.4, 0.5) is 0 Å². The fourth-order valence-electron chi connectivity index (χ4n) is 3.11. The molecule has 3 heteroatoms. The van der Waals surface area contributed by atoms with Crippen LogP contribution in [0.1, 0.15) is 36.6 Å². The van der Waals surface area contributed by atoms with Crippen molar-refractivity contribution in [2.75, 3.05) is 6.54 Å². The minimum Gasteiger partial charge on any atom is -0.468 e. The standard InChI is InChI=1S/C17H22N2O/c18-15-9-4-5-11-19(13-14-7-2-1-3-8-14)17(15)16-10-6-12-20-16/h1-3,6-8,10,12,15,17H,4-5,9,11,13,18H2. The number of benzene rings is 1. The number of hydrogen-bond donors (Lipinski definition) is 1. The highest BCUT2D eigenvalue weighted by Crippen LogP contribution is 2.30. The van der Waals surface area contributed by atoms with Crippen molar-refractivity contribution in [1.29, 1.82) is 0 Å². The molecule has 0 radical (unpaired) electrons.